The van der Waals surface area contributed by atoms with Gasteiger partial charge in [0.05, 0.1) is 17.6 Å². The fourth-order valence-corrected chi connectivity index (χ4v) is 2.01. The van der Waals surface area contributed by atoms with Crippen molar-refractivity contribution >= 4 is 22.8 Å². The second-order valence-corrected chi connectivity index (χ2v) is 5.06. The van der Waals surface area contributed by atoms with Crippen molar-refractivity contribution in [3.8, 4) is 5.75 Å². The van der Waals surface area contributed by atoms with Crippen molar-refractivity contribution < 1.29 is 15.0 Å². The van der Waals surface area contributed by atoms with Crippen molar-refractivity contribution in [3.63, 3.8) is 0 Å². The molecule has 102 valence electrons. The van der Waals surface area contributed by atoms with Crippen LogP contribution in [0.3, 0.4) is 0 Å². The van der Waals surface area contributed by atoms with Gasteiger partial charge in [-0.1, -0.05) is 0 Å². The molecule has 0 aliphatic rings. The highest BCUT2D eigenvalue weighted by atomic mass is 16.4. The summed E-state index contributed by atoms with van der Waals surface area (Å²) in [5, 5.41) is 25.6. The zero-order chi connectivity index (χ0) is 14.2. The summed E-state index contributed by atoms with van der Waals surface area (Å²) in [5.74, 6) is 0.457. The van der Waals surface area contributed by atoms with E-state index in [0.717, 1.165) is 5.39 Å². The third kappa shape index (κ3) is 2.70. The van der Waals surface area contributed by atoms with E-state index in [1.54, 1.807) is 30.7 Å². The zero-order valence-electron chi connectivity index (χ0n) is 10.7. The molecule has 5 N–H and O–H groups in total. The van der Waals surface area contributed by atoms with Crippen LogP contribution in [0.25, 0.3) is 10.9 Å². The number of nitrogens with zero attached hydrogens (tertiary/aromatic N) is 2. The second-order valence-electron chi connectivity index (χ2n) is 5.06. The number of hydrogen-bond acceptors (Lipinski definition) is 4. The first-order chi connectivity index (χ1) is 8.78. The van der Waals surface area contributed by atoms with Crippen molar-refractivity contribution in [1.82, 2.24) is 15.1 Å². The fourth-order valence-electron chi connectivity index (χ4n) is 2.01. The highest BCUT2D eigenvalue weighted by Crippen LogP contribution is 2.25. The van der Waals surface area contributed by atoms with Gasteiger partial charge >= 0.3 is 6.09 Å². The van der Waals surface area contributed by atoms with E-state index in [4.69, 9.17) is 10.8 Å². The largest absolute Gasteiger partial charge is 0.508 e. The van der Waals surface area contributed by atoms with E-state index in [1.807, 2.05) is 0 Å². The van der Waals surface area contributed by atoms with Gasteiger partial charge < -0.3 is 21.3 Å². The number of aromatic hydroxyl groups is 1. The molecule has 1 aromatic carbocycles. The average Bonchev–Trinajstić information content (AvgIpc) is 2.52. The summed E-state index contributed by atoms with van der Waals surface area (Å²) in [5.41, 5.74) is 5.76. The Morgan fingerprint density at radius 3 is 2.84 bits per heavy atom. The Labute approximate surface area is 109 Å². The van der Waals surface area contributed by atoms with Gasteiger partial charge in [0, 0.05) is 11.5 Å². The van der Waals surface area contributed by atoms with Crippen LogP contribution in [-0.2, 0) is 6.54 Å². The van der Waals surface area contributed by atoms with Gasteiger partial charge in [0.2, 0.25) is 0 Å². The van der Waals surface area contributed by atoms with Crippen molar-refractivity contribution in [2.45, 2.75) is 25.9 Å². The van der Waals surface area contributed by atoms with Gasteiger partial charge in [-0.2, -0.15) is 5.10 Å². The Bertz CT molecular complexity index is 633. The first kappa shape index (κ1) is 13.0. The number of phenolic OH excluding ortho intramolecular Hbond substituents is 1. The lowest BCUT2D eigenvalue weighted by Gasteiger charge is -2.24. The minimum Gasteiger partial charge on any atom is -0.508 e. The molecule has 19 heavy (non-hydrogen) atoms. The lowest BCUT2D eigenvalue weighted by atomic mass is 10.1. The van der Waals surface area contributed by atoms with Gasteiger partial charge in [-0.25, -0.2) is 4.79 Å². The third-order valence-corrected chi connectivity index (χ3v) is 2.75. The Morgan fingerprint density at radius 2 is 2.21 bits per heavy atom. The number of nitrogens with one attached hydrogen (secondary N) is 1. The molecule has 7 heteroatoms. The number of hydrogen-bond donors (Lipinski definition) is 4. The number of carbonyl (C=O) groups is 1. The summed E-state index contributed by atoms with van der Waals surface area (Å²) >= 11 is 0. The van der Waals surface area contributed by atoms with Crippen LogP contribution in [0.15, 0.2) is 18.2 Å². The number of phenols is 1. The molecule has 0 radical (unpaired) electrons. The average molecular weight is 264 g/mol. The van der Waals surface area contributed by atoms with E-state index in [-0.39, 0.29) is 5.75 Å². The van der Waals surface area contributed by atoms with Crippen molar-refractivity contribution in [2.75, 3.05) is 5.73 Å². The van der Waals surface area contributed by atoms with E-state index < -0.39 is 11.6 Å². The predicted octanol–water partition coefficient (Wildman–Crippen LogP) is 1.37. The van der Waals surface area contributed by atoms with Crippen LogP contribution in [-0.4, -0.2) is 31.6 Å². The molecule has 0 fully saturated rings. The minimum atomic E-state index is -1.10. The Balaban J connectivity index is 2.40. The summed E-state index contributed by atoms with van der Waals surface area (Å²) < 4.78 is 1.58. The van der Waals surface area contributed by atoms with Gasteiger partial charge in [0.25, 0.3) is 0 Å². The van der Waals surface area contributed by atoms with Crippen molar-refractivity contribution in [1.29, 1.82) is 0 Å². The molecule has 0 unspecified atom stereocenters. The number of anilines is 1. The fraction of sp³-hybridized carbons (Fsp3) is 0.333. The maximum absolute atomic E-state index is 10.7. The summed E-state index contributed by atoms with van der Waals surface area (Å²) in [6.45, 7) is 3.79. The number of carboxylic acid groups (broad SMARTS) is 1. The molecule has 0 aliphatic carbocycles. The predicted molar refractivity (Wildman–Crippen MR) is 71.0 cm³/mol. The molecule has 2 rings (SSSR count). The summed E-state index contributed by atoms with van der Waals surface area (Å²) in [7, 11) is 0. The molecule has 0 saturated heterocycles. The summed E-state index contributed by atoms with van der Waals surface area (Å²) in [6.07, 6.45) is -1.10. The van der Waals surface area contributed by atoms with Gasteiger partial charge in [-0.15, -0.1) is 0 Å². The standard InChI is InChI=1S/C12H16N4O3/c1-12(2,14-11(18)19)6-16-9-5-7(17)3-4-8(9)10(13)15-16/h3-5,14,17H,6H2,1-2H3,(H2,13,15)(H,18,19). The third-order valence-electron chi connectivity index (χ3n) is 2.75. The first-order valence-electron chi connectivity index (χ1n) is 5.75. The monoisotopic (exact) mass is 264 g/mol. The van der Waals surface area contributed by atoms with Crippen LogP contribution in [0, 0.1) is 0 Å². The molecule has 0 bridgehead atoms. The Hall–Kier alpha value is -2.44. The number of rotatable bonds is 3. The van der Waals surface area contributed by atoms with Crippen molar-refractivity contribution in [3.05, 3.63) is 18.2 Å². The van der Waals surface area contributed by atoms with Crippen molar-refractivity contribution in [2.24, 2.45) is 0 Å². The van der Waals surface area contributed by atoms with E-state index >= 15 is 0 Å². The SMILES string of the molecule is CC(C)(Cn1nc(N)c2ccc(O)cc21)NC(=O)O. The molecule has 1 heterocycles. The van der Waals surface area contributed by atoms with E-state index in [0.29, 0.717) is 17.9 Å². The number of aromatic nitrogens is 2. The first-order valence-corrected chi connectivity index (χ1v) is 5.75. The lowest BCUT2D eigenvalue weighted by molar-refractivity contribution is 0.178. The minimum absolute atomic E-state index is 0.109. The summed E-state index contributed by atoms with van der Waals surface area (Å²) in [4.78, 5) is 10.7. The van der Waals surface area contributed by atoms with Crippen LogP contribution < -0.4 is 11.1 Å². The van der Waals surface area contributed by atoms with Crippen LogP contribution in [0.5, 0.6) is 5.75 Å². The van der Waals surface area contributed by atoms with E-state index in [9.17, 15) is 9.90 Å². The summed E-state index contributed by atoms with van der Waals surface area (Å²) in [6, 6.07) is 4.77. The maximum atomic E-state index is 10.7. The van der Waals surface area contributed by atoms with Gasteiger partial charge in [0.1, 0.15) is 5.75 Å². The van der Waals surface area contributed by atoms with E-state index in [1.165, 1.54) is 6.07 Å². The van der Waals surface area contributed by atoms with Gasteiger partial charge in [-0.3, -0.25) is 4.68 Å². The lowest BCUT2D eigenvalue weighted by Crippen LogP contribution is -2.46. The Kier molecular flexibility index (Phi) is 2.97. The molecule has 7 nitrogen and oxygen atoms in total. The molecule has 1 aromatic heterocycles. The Morgan fingerprint density at radius 1 is 1.53 bits per heavy atom. The normalized spacial score (nSPS) is 11.7. The zero-order valence-corrected chi connectivity index (χ0v) is 10.7. The number of benzene rings is 1. The number of nitrogen functional groups attached to an aromatic ring is 1. The second kappa shape index (κ2) is 4.34. The molecule has 0 spiro atoms. The molecular formula is C12H16N4O3. The number of amides is 1. The molecule has 0 saturated carbocycles. The quantitative estimate of drug-likeness (QED) is 0.668. The molecule has 2 aromatic rings. The van der Waals surface area contributed by atoms with Crippen LogP contribution in [0.2, 0.25) is 0 Å². The molecule has 0 atom stereocenters. The topological polar surface area (TPSA) is 113 Å². The number of nitrogens with two attached hydrogens (primary N) is 1. The van der Waals surface area contributed by atoms with Crippen LogP contribution in [0.4, 0.5) is 10.6 Å². The molecule has 1 amide bonds. The highest BCUT2D eigenvalue weighted by molar-refractivity contribution is 5.90. The van der Waals surface area contributed by atoms with Gasteiger partial charge in [0.15, 0.2) is 5.82 Å². The maximum Gasteiger partial charge on any atom is 0.405 e. The van der Waals surface area contributed by atoms with Gasteiger partial charge in [-0.05, 0) is 26.0 Å². The van der Waals surface area contributed by atoms with Crippen LogP contribution in [0.1, 0.15) is 13.8 Å². The van der Waals surface area contributed by atoms with E-state index in [2.05, 4.69) is 10.4 Å². The van der Waals surface area contributed by atoms with Crippen LogP contribution >= 0.6 is 0 Å². The highest BCUT2D eigenvalue weighted by Gasteiger charge is 2.23. The smallest absolute Gasteiger partial charge is 0.405 e. The number of fused-ring (bicyclic) bond motifs is 1. The molecule has 0 aliphatic heterocycles. The molecular weight excluding hydrogens is 248 g/mol.